The molecular formula is C18H27NO2S2. The minimum atomic E-state index is 0.166. The van der Waals surface area contributed by atoms with Gasteiger partial charge in [0.25, 0.3) is 0 Å². The van der Waals surface area contributed by atoms with Crippen molar-refractivity contribution in [1.82, 2.24) is 4.90 Å². The first-order valence-corrected chi connectivity index (χ1v) is 10.5. The molecule has 0 radical (unpaired) electrons. The van der Waals surface area contributed by atoms with Crippen LogP contribution in [0.2, 0.25) is 0 Å². The fourth-order valence-corrected chi connectivity index (χ4v) is 4.43. The van der Waals surface area contributed by atoms with Gasteiger partial charge in [-0.25, -0.2) is 0 Å². The van der Waals surface area contributed by atoms with Gasteiger partial charge in [-0.1, -0.05) is 32.4 Å². The van der Waals surface area contributed by atoms with Gasteiger partial charge in [0.2, 0.25) is 5.91 Å². The molecule has 1 heterocycles. The summed E-state index contributed by atoms with van der Waals surface area (Å²) in [7, 11) is 0. The number of amides is 1. The molecular weight excluding hydrogens is 326 g/mol. The zero-order valence-electron chi connectivity index (χ0n) is 14.1. The van der Waals surface area contributed by atoms with Crippen LogP contribution < -0.4 is 0 Å². The second kappa shape index (κ2) is 10.3. The number of rotatable bonds is 10. The van der Waals surface area contributed by atoms with Crippen molar-refractivity contribution in [2.24, 2.45) is 0 Å². The number of thioether (sulfide) groups is 2. The van der Waals surface area contributed by atoms with Gasteiger partial charge in [-0.2, -0.15) is 0 Å². The maximum Gasteiger partial charge on any atom is 0.233 e. The summed E-state index contributed by atoms with van der Waals surface area (Å²) in [6, 6.07) is 8.66. The van der Waals surface area contributed by atoms with E-state index in [9.17, 15) is 4.79 Å². The molecule has 1 aromatic carbocycles. The molecule has 23 heavy (non-hydrogen) atoms. The van der Waals surface area contributed by atoms with E-state index in [-0.39, 0.29) is 11.3 Å². The van der Waals surface area contributed by atoms with Gasteiger partial charge in [-0.05, 0) is 36.3 Å². The van der Waals surface area contributed by atoms with E-state index in [0.717, 1.165) is 44.8 Å². The lowest BCUT2D eigenvalue weighted by molar-refractivity contribution is -0.128. The zero-order chi connectivity index (χ0) is 16.5. The van der Waals surface area contributed by atoms with Crippen LogP contribution >= 0.6 is 23.5 Å². The summed E-state index contributed by atoms with van der Waals surface area (Å²) < 4.78 is 5.61. The number of benzene rings is 1. The Kier molecular flexibility index (Phi) is 8.34. The Labute approximate surface area is 148 Å². The summed E-state index contributed by atoms with van der Waals surface area (Å²) in [5.74, 6) is 1.92. The summed E-state index contributed by atoms with van der Waals surface area (Å²) in [6.45, 7) is 6.69. The summed E-state index contributed by atoms with van der Waals surface area (Å²) in [5.41, 5.74) is 1.23. The monoisotopic (exact) mass is 353 g/mol. The van der Waals surface area contributed by atoms with Crippen LogP contribution in [0.5, 0.6) is 0 Å². The molecule has 1 atom stereocenters. The van der Waals surface area contributed by atoms with Crippen molar-refractivity contribution in [2.75, 3.05) is 31.3 Å². The minimum Gasteiger partial charge on any atom is -0.381 e. The maximum atomic E-state index is 12.2. The first-order valence-electron chi connectivity index (χ1n) is 8.47. The smallest absolute Gasteiger partial charge is 0.233 e. The van der Waals surface area contributed by atoms with Crippen LogP contribution in [0.1, 0.15) is 44.0 Å². The van der Waals surface area contributed by atoms with Crippen LogP contribution in [0.4, 0.5) is 0 Å². The lowest BCUT2D eigenvalue weighted by Crippen LogP contribution is -2.29. The van der Waals surface area contributed by atoms with Gasteiger partial charge in [0, 0.05) is 24.7 Å². The van der Waals surface area contributed by atoms with Crippen molar-refractivity contribution < 1.29 is 9.53 Å². The van der Waals surface area contributed by atoms with Crippen LogP contribution in [0.3, 0.4) is 0 Å². The van der Waals surface area contributed by atoms with E-state index in [1.807, 2.05) is 16.7 Å². The van der Waals surface area contributed by atoms with Crippen molar-refractivity contribution in [1.29, 1.82) is 0 Å². The Morgan fingerprint density at radius 3 is 2.65 bits per heavy atom. The van der Waals surface area contributed by atoms with Gasteiger partial charge in [0.05, 0.1) is 5.75 Å². The molecule has 0 bridgehead atoms. The summed E-state index contributed by atoms with van der Waals surface area (Å²) in [4.78, 5) is 15.5. The highest BCUT2D eigenvalue weighted by molar-refractivity contribution is 8.00. The van der Waals surface area contributed by atoms with E-state index in [0.29, 0.717) is 5.75 Å². The van der Waals surface area contributed by atoms with Gasteiger partial charge >= 0.3 is 0 Å². The van der Waals surface area contributed by atoms with Crippen molar-refractivity contribution in [3.05, 3.63) is 29.8 Å². The lowest BCUT2D eigenvalue weighted by atomic mass is 10.2. The Morgan fingerprint density at radius 2 is 1.96 bits per heavy atom. The van der Waals surface area contributed by atoms with Crippen LogP contribution in [0, 0.1) is 0 Å². The third-order valence-electron chi connectivity index (χ3n) is 3.77. The highest BCUT2D eigenvalue weighted by atomic mass is 32.2. The molecule has 1 unspecified atom stereocenters. The second-order valence-corrected chi connectivity index (χ2v) is 7.98. The van der Waals surface area contributed by atoms with Gasteiger partial charge in [0.1, 0.15) is 5.37 Å². The van der Waals surface area contributed by atoms with Gasteiger partial charge in [-0.3, -0.25) is 4.79 Å². The predicted molar refractivity (Wildman–Crippen MR) is 100 cm³/mol. The van der Waals surface area contributed by atoms with Gasteiger partial charge in [-0.15, -0.1) is 23.5 Å². The maximum absolute atomic E-state index is 12.2. The number of carbonyl (C=O) groups is 1. The molecule has 0 aliphatic carbocycles. The summed E-state index contributed by atoms with van der Waals surface area (Å²) in [6.07, 6.45) is 3.19. The van der Waals surface area contributed by atoms with Crippen molar-refractivity contribution in [2.45, 2.75) is 43.4 Å². The Morgan fingerprint density at radius 1 is 1.22 bits per heavy atom. The first kappa shape index (κ1) is 18.7. The number of unbranched alkanes of at least 4 members (excludes halogenated alkanes) is 1. The zero-order valence-corrected chi connectivity index (χ0v) is 15.8. The van der Waals surface area contributed by atoms with E-state index in [2.05, 4.69) is 38.1 Å². The average molecular weight is 354 g/mol. The van der Waals surface area contributed by atoms with Crippen molar-refractivity contribution >= 4 is 29.4 Å². The fourth-order valence-electron chi connectivity index (χ4n) is 2.55. The molecule has 5 heteroatoms. The molecule has 1 fully saturated rings. The predicted octanol–water partition coefficient (Wildman–Crippen LogP) is 4.58. The number of hydrogen-bond donors (Lipinski definition) is 0. The van der Waals surface area contributed by atoms with E-state index in [1.165, 1.54) is 10.5 Å². The van der Waals surface area contributed by atoms with Crippen LogP contribution in [0.25, 0.3) is 0 Å². The number of hydrogen-bond acceptors (Lipinski definition) is 4. The number of ether oxygens (including phenoxy) is 1. The SMILES string of the molecule is CCCCOCCCN1C(=O)CSC1c1ccc(SCC)cc1. The van der Waals surface area contributed by atoms with Gasteiger partial charge in [0.15, 0.2) is 0 Å². The fraction of sp³-hybridized carbons (Fsp3) is 0.611. The minimum absolute atomic E-state index is 0.166. The Balaban J connectivity index is 1.86. The topological polar surface area (TPSA) is 29.5 Å². The molecule has 1 saturated heterocycles. The largest absolute Gasteiger partial charge is 0.381 e. The molecule has 1 aliphatic rings. The van der Waals surface area contributed by atoms with E-state index >= 15 is 0 Å². The normalized spacial score (nSPS) is 17.9. The molecule has 128 valence electrons. The Hall–Kier alpha value is -0.650. The number of nitrogens with zero attached hydrogens (tertiary/aromatic N) is 1. The lowest BCUT2D eigenvalue weighted by Gasteiger charge is -2.24. The Bertz CT molecular complexity index is 478. The molecule has 1 aromatic rings. The summed E-state index contributed by atoms with van der Waals surface area (Å²) in [5, 5.41) is 0.166. The quantitative estimate of drug-likeness (QED) is 0.455. The molecule has 1 amide bonds. The van der Waals surface area contributed by atoms with E-state index < -0.39 is 0 Å². The molecule has 1 aliphatic heterocycles. The number of carbonyl (C=O) groups excluding carboxylic acids is 1. The highest BCUT2D eigenvalue weighted by Crippen LogP contribution is 2.39. The standard InChI is InChI=1S/C18H27NO2S2/c1-3-5-12-21-13-6-11-19-17(20)14-23-18(19)15-7-9-16(10-8-15)22-4-2/h7-10,18H,3-6,11-14H2,1-2H3. The third-order valence-corrected chi connectivity index (χ3v) is 5.92. The molecule has 0 saturated carbocycles. The van der Waals surface area contributed by atoms with E-state index in [1.54, 1.807) is 11.8 Å². The van der Waals surface area contributed by atoms with Gasteiger partial charge < -0.3 is 9.64 Å². The van der Waals surface area contributed by atoms with Crippen LogP contribution in [0.15, 0.2) is 29.2 Å². The molecule has 0 aromatic heterocycles. The van der Waals surface area contributed by atoms with Crippen LogP contribution in [-0.4, -0.2) is 42.1 Å². The van der Waals surface area contributed by atoms with Crippen LogP contribution in [-0.2, 0) is 9.53 Å². The average Bonchev–Trinajstić information content (AvgIpc) is 2.93. The molecule has 2 rings (SSSR count). The van der Waals surface area contributed by atoms with Crippen molar-refractivity contribution in [3.63, 3.8) is 0 Å². The highest BCUT2D eigenvalue weighted by Gasteiger charge is 2.32. The molecule has 0 spiro atoms. The first-order chi connectivity index (χ1) is 11.3. The van der Waals surface area contributed by atoms with Crippen molar-refractivity contribution in [3.8, 4) is 0 Å². The summed E-state index contributed by atoms with van der Waals surface area (Å²) >= 11 is 3.58. The molecule has 0 N–H and O–H groups in total. The molecule has 3 nitrogen and oxygen atoms in total. The van der Waals surface area contributed by atoms with E-state index in [4.69, 9.17) is 4.74 Å². The second-order valence-electron chi connectivity index (χ2n) is 5.57. The third kappa shape index (κ3) is 5.73.